The van der Waals surface area contributed by atoms with Crippen LogP contribution in [0.3, 0.4) is 0 Å². The highest BCUT2D eigenvalue weighted by Gasteiger charge is 2.03. The monoisotopic (exact) mass is 196 g/mol. The van der Waals surface area contributed by atoms with Gasteiger partial charge in [-0.25, -0.2) is 4.79 Å². The van der Waals surface area contributed by atoms with Crippen molar-refractivity contribution in [3.05, 3.63) is 35.4 Å². The van der Waals surface area contributed by atoms with Crippen molar-refractivity contribution < 1.29 is 15.1 Å². The Hall–Kier alpha value is -2.04. The number of nitrogens with zero attached hydrogens (tertiary/aromatic N) is 1. The molecule has 0 aliphatic rings. The Kier molecular flexibility index (Phi) is 4.15. The number of nitrogens with two attached hydrogens (primary N) is 1. The Morgan fingerprint density at radius 2 is 1.64 bits per heavy atom. The Morgan fingerprint density at radius 3 is 2.00 bits per heavy atom. The molecule has 0 aromatic heterocycles. The second-order valence-corrected chi connectivity index (χ2v) is 2.37. The number of carboxylic acids is 1. The summed E-state index contributed by atoms with van der Waals surface area (Å²) in [6.45, 7) is 0. The number of rotatable bonds is 2. The first-order valence-corrected chi connectivity index (χ1v) is 3.46. The Balaban J connectivity index is 0.00000169. The fraction of sp³-hybridized carbons (Fsp3) is 0.111. The van der Waals surface area contributed by atoms with Crippen molar-refractivity contribution in [2.75, 3.05) is 0 Å². The minimum absolute atomic E-state index is 0. The summed E-state index contributed by atoms with van der Waals surface area (Å²) >= 11 is 0. The van der Waals surface area contributed by atoms with Gasteiger partial charge in [0.05, 0.1) is 5.56 Å². The van der Waals surface area contributed by atoms with Gasteiger partial charge in [-0.05, 0) is 12.1 Å². The summed E-state index contributed by atoms with van der Waals surface area (Å²) in [6, 6.07) is 5.71. The van der Waals surface area contributed by atoms with Crippen LogP contribution in [-0.4, -0.2) is 22.1 Å². The molecule has 1 aromatic carbocycles. The summed E-state index contributed by atoms with van der Waals surface area (Å²) < 4.78 is 0. The van der Waals surface area contributed by atoms with E-state index in [1.165, 1.54) is 24.3 Å². The molecule has 0 aliphatic carbocycles. The van der Waals surface area contributed by atoms with Crippen LogP contribution in [0.4, 0.5) is 0 Å². The van der Waals surface area contributed by atoms with E-state index in [0.29, 0.717) is 5.56 Å². The summed E-state index contributed by atoms with van der Waals surface area (Å²) in [7, 11) is 0. The summed E-state index contributed by atoms with van der Waals surface area (Å²) in [4.78, 5) is 10.4. The molecule has 0 heterocycles. The normalized spacial score (nSPS) is 10.4. The van der Waals surface area contributed by atoms with Gasteiger partial charge < -0.3 is 16.0 Å². The van der Waals surface area contributed by atoms with Gasteiger partial charge >= 0.3 is 5.97 Å². The molecule has 5 heteroatoms. The molecule has 0 spiro atoms. The standard InChI is InChI=1S/C8H8N2O3.CH4/c9-7(10-13)5-1-3-6(4-2-5)8(11)12;/h1-4,13H,(H2,9,10)(H,11,12);1H4. The fourth-order valence-electron chi connectivity index (χ4n) is 0.841. The third-order valence-electron chi connectivity index (χ3n) is 1.54. The fourth-order valence-corrected chi connectivity index (χ4v) is 0.841. The molecule has 0 unspecified atom stereocenters. The third-order valence-corrected chi connectivity index (χ3v) is 1.54. The molecule has 4 N–H and O–H groups in total. The van der Waals surface area contributed by atoms with Crippen molar-refractivity contribution in [2.45, 2.75) is 7.43 Å². The third kappa shape index (κ3) is 2.48. The van der Waals surface area contributed by atoms with Crippen molar-refractivity contribution in [2.24, 2.45) is 10.9 Å². The van der Waals surface area contributed by atoms with Crippen LogP contribution in [-0.2, 0) is 0 Å². The van der Waals surface area contributed by atoms with Crippen LogP contribution < -0.4 is 5.73 Å². The van der Waals surface area contributed by atoms with Crippen molar-refractivity contribution >= 4 is 11.8 Å². The first kappa shape index (κ1) is 12.0. The van der Waals surface area contributed by atoms with E-state index in [2.05, 4.69) is 5.16 Å². The van der Waals surface area contributed by atoms with Crippen LogP contribution in [0.25, 0.3) is 0 Å². The van der Waals surface area contributed by atoms with E-state index in [1.807, 2.05) is 0 Å². The minimum atomic E-state index is -1.01. The lowest BCUT2D eigenvalue weighted by atomic mass is 10.1. The molecule has 0 aliphatic heterocycles. The Bertz CT molecular complexity index is 344. The molecule has 0 amide bonds. The van der Waals surface area contributed by atoms with E-state index in [4.69, 9.17) is 16.0 Å². The number of carbonyl (C=O) groups is 1. The zero-order valence-corrected chi connectivity index (χ0v) is 6.64. The van der Waals surface area contributed by atoms with Gasteiger partial charge in [0.2, 0.25) is 0 Å². The van der Waals surface area contributed by atoms with Crippen molar-refractivity contribution in [3.8, 4) is 0 Å². The molecule has 0 saturated heterocycles. The molecule has 0 atom stereocenters. The molecule has 5 nitrogen and oxygen atoms in total. The van der Waals surface area contributed by atoms with Gasteiger partial charge in [-0.1, -0.05) is 24.7 Å². The lowest BCUT2D eigenvalue weighted by Crippen LogP contribution is -2.13. The maximum Gasteiger partial charge on any atom is 0.335 e. The minimum Gasteiger partial charge on any atom is -0.478 e. The number of hydrogen-bond donors (Lipinski definition) is 3. The first-order chi connectivity index (χ1) is 6.15. The van der Waals surface area contributed by atoms with E-state index >= 15 is 0 Å². The van der Waals surface area contributed by atoms with Gasteiger partial charge in [0, 0.05) is 5.56 Å². The molecule has 0 radical (unpaired) electrons. The van der Waals surface area contributed by atoms with E-state index in [0.717, 1.165) is 0 Å². The van der Waals surface area contributed by atoms with Crippen LogP contribution in [0, 0.1) is 0 Å². The largest absolute Gasteiger partial charge is 0.478 e. The van der Waals surface area contributed by atoms with Crippen molar-refractivity contribution in [1.82, 2.24) is 0 Å². The second-order valence-electron chi connectivity index (χ2n) is 2.37. The summed E-state index contributed by atoms with van der Waals surface area (Å²) in [5, 5.41) is 19.7. The molecule has 1 rings (SSSR count). The number of carboxylic acid groups (broad SMARTS) is 1. The Morgan fingerprint density at radius 1 is 1.21 bits per heavy atom. The highest BCUT2D eigenvalue weighted by Crippen LogP contribution is 2.03. The zero-order valence-electron chi connectivity index (χ0n) is 6.64. The molecule has 1 aromatic rings. The van der Waals surface area contributed by atoms with E-state index in [-0.39, 0.29) is 18.8 Å². The predicted octanol–water partition coefficient (Wildman–Crippen LogP) is 1.12. The quantitative estimate of drug-likeness (QED) is 0.286. The van der Waals surface area contributed by atoms with Gasteiger partial charge in [0.15, 0.2) is 5.84 Å². The lowest BCUT2D eigenvalue weighted by molar-refractivity contribution is 0.0697. The number of benzene rings is 1. The molecule has 14 heavy (non-hydrogen) atoms. The number of hydrogen-bond acceptors (Lipinski definition) is 3. The Labute approximate surface area is 81.5 Å². The van der Waals surface area contributed by atoms with Crippen LogP contribution in [0.5, 0.6) is 0 Å². The molecule has 0 fully saturated rings. The van der Waals surface area contributed by atoms with Crippen LogP contribution in [0.15, 0.2) is 29.4 Å². The first-order valence-electron chi connectivity index (χ1n) is 3.46. The van der Waals surface area contributed by atoms with Gasteiger partial charge in [0.1, 0.15) is 0 Å². The van der Waals surface area contributed by atoms with Crippen LogP contribution >= 0.6 is 0 Å². The highest BCUT2D eigenvalue weighted by molar-refractivity contribution is 5.98. The zero-order chi connectivity index (χ0) is 9.84. The topological polar surface area (TPSA) is 95.9 Å². The maximum atomic E-state index is 10.4. The SMILES string of the molecule is C.N/C(=N\O)c1ccc(C(=O)O)cc1. The van der Waals surface area contributed by atoms with E-state index in [9.17, 15) is 4.79 Å². The van der Waals surface area contributed by atoms with Crippen molar-refractivity contribution in [1.29, 1.82) is 0 Å². The summed E-state index contributed by atoms with van der Waals surface area (Å²) in [6.07, 6.45) is 0. The average molecular weight is 196 g/mol. The lowest BCUT2D eigenvalue weighted by Gasteiger charge is -1.98. The molecular weight excluding hydrogens is 184 g/mol. The number of aromatic carboxylic acids is 1. The van der Waals surface area contributed by atoms with Gasteiger partial charge in [-0.15, -0.1) is 0 Å². The highest BCUT2D eigenvalue weighted by atomic mass is 16.4. The molecule has 0 bridgehead atoms. The summed E-state index contributed by atoms with van der Waals surface area (Å²) in [5.74, 6) is -1.05. The average Bonchev–Trinajstić information content (AvgIpc) is 2.17. The molecule has 76 valence electrons. The molecular formula is C9H12N2O3. The van der Waals surface area contributed by atoms with Gasteiger partial charge in [-0.2, -0.15) is 0 Å². The van der Waals surface area contributed by atoms with E-state index < -0.39 is 5.97 Å². The maximum absolute atomic E-state index is 10.4. The van der Waals surface area contributed by atoms with Crippen molar-refractivity contribution in [3.63, 3.8) is 0 Å². The second kappa shape index (κ2) is 4.86. The number of amidine groups is 1. The smallest absolute Gasteiger partial charge is 0.335 e. The van der Waals surface area contributed by atoms with Crippen LogP contribution in [0.1, 0.15) is 23.3 Å². The predicted molar refractivity (Wildman–Crippen MR) is 52.6 cm³/mol. The van der Waals surface area contributed by atoms with E-state index in [1.54, 1.807) is 0 Å². The molecule has 0 saturated carbocycles. The number of oxime groups is 1. The van der Waals surface area contributed by atoms with Crippen LogP contribution in [0.2, 0.25) is 0 Å². The van der Waals surface area contributed by atoms with Gasteiger partial charge in [-0.3, -0.25) is 0 Å². The van der Waals surface area contributed by atoms with Gasteiger partial charge in [0.25, 0.3) is 0 Å². The summed E-state index contributed by atoms with van der Waals surface area (Å²) in [5.41, 5.74) is 5.91.